The highest BCUT2D eigenvalue weighted by Gasteiger charge is 2.08. The minimum Gasteiger partial charge on any atom is -0.343 e. The van der Waals surface area contributed by atoms with Gasteiger partial charge >= 0.3 is 0 Å². The normalized spacial score (nSPS) is 11.1. The van der Waals surface area contributed by atoms with Crippen molar-refractivity contribution < 1.29 is 8.91 Å². The van der Waals surface area contributed by atoms with Crippen molar-refractivity contribution in [3.05, 3.63) is 41.0 Å². The summed E-state index contributed by atoms with van der Waals surface area (Å²) in [5, 5.41) is 3.70. The van der Waals surface area contributed by atoms with E-state index in [2.05, 4.69) is 19.6 Å². The highest BCUT2D eigenvalue weighted by molar-refractivity contribution is 7.71. The Kier molecular flexibility index (Phi) is 2.25. The van der Waals surface area contributed by atoms with Crippen LogP contribution in [0.4, 0.5) is 4.39 Å². The fourth-order valence-electron chi connectivity index (χ4n) is 1.69. The van der Waals surface area contributed by atoms with Crippen LogP contribution in [0.15, 0.2) is 29.1 Å². The van der Waals surface area contributed by atoms with E-state index in [0.717, 1.165) is 5.52 Å². The Bertz CT molecular complexity index is 716. The third-order valence-electron chi connectivity index (χ3n) is 2.44. The number of hydrogen-bond acceptors (Lipinski definition) is 4. The predicted octanol–water partition coefficient (Wildman–Crippen LogP) is 2.27. The van der Waals surface area contributed by atoms with Crippen molar-refractivity contribution in [2.24, 2.45) is 0 Å². The summed E-state index contributed by atoms with van der Waals surface area (Å²) in [4.78, 5) is 6.90. The number of aromatic nitrogens is 4. The fourth-order valence-corrected chi connectivity index (χ4v) is 1.96. The second kappa shape index (κ2) is 3.77. The van der Waals surface area contributed by atoms with E-state index in [0.29, 0.717) is 22.7 Å². The number of aromatic amines is 1. The lowest BCUT2D eigenvalue weighted by Gasteiger charge is -2.00. The summed E-state index contributed by atoms with van der Waals surface area (Å²) in [5.74, 6) is 0.180. The molecule has 3 rings (SSSR count). The fraction of sp³-hybridized carbons (Fsp3) is 0.100. The van der Waals surface area contributed by atoms with Gasteiger partial charge in [0.05, 0.1) is 17.6 Å². The average Bonchev–Trinajstić information content (AvgIpc) is 2.90. The van der Waals surface area contributed by atoms with E-state index >= 15 is 0 Å². The van der Waals surface area contributed by atoms with Gasteiger partial charge in [-0.25, -0.2) is 4.39 Å². The molecule has 0 radical (unpaired) electrons. The molecule has 0 aliphatic heterocycles. The van der Waals surface area contributed by atoms with E-state index in [1.54, 1.807) is 10.6 Å². The van der Waals surface area contributed by atoms with Crippen molar-refractivity contribution in [3.8, 4) is 0 Å². The molecule has 1 N–H and O–H groups in total. The molecule has 0 fully saturated rings. The van der Waals surface area contributed by atoms with Gasteiger partial charge in [0.15, 0.2) is 10.6 Å². The van der Waals surface area contributed by atoms with Gasteiger partial charge < -0.3 is 14.1 Å². The Balaban J connectivity index is 2.17. The Hall–Kier alpha value is -2.02. The summed E-state index contributed by atoms with van der Waals surface area (Å²) in [6.45, 7) is 0.346. The lowest BCUT2D eigenvalue weighted by atomic mass is 10.3. The number of hydrogen-bond donors (Lipinski definition) is 1. The Morgan fingerprint density at radius 2 is 2.35 bits per heavy atom. The van der Waals surface area contributed by atoms with Crippen LogP contribution in [0, 0.1) is 10.6 Å². The van der Waals surface area contributed by atoms with Gasteiger partial charge in [0.2, 0.25) is 6.39 Å². The summed E-state index contributed by atoms with van der Waals surface area (Å²) in [7, 11) is 0. The molecule has 0 aliphatic carbocycles. The molecule has 2 aromatic heterocycles. The zero-order valence-corrected chi connectivity index (χ0v) is 9.37. The molecular formula is C10H7FN4OS. The van der Waals surface area contributed by atoms with Crippen molar-refractivity contribution in [1.82, 2.24) is 19.7 Å². The Labute approximate surface area is 99.9 Å². The predicted molar refractivity (Wildman–Crippen MR) is 60.5 cm³/mol. The molecule has 0 amide bonds. The molecular weight excluding hydrogens is 243 g/mol. The van der Waals surface area contributed by atoms with E-state index in [1.807, 2.05) is 0 Å². The minimum atomic E-state index is -0.312. The Morgan fingerprint density at radius 1 is 1.47 bits per heavy atom. The van der Waals surface area contributed by atoms with Crippen LogP contribution < -0.4 is 0 Å². The van der Waals surface area contributed by atoms with Crippen LogP contribution in [0.2, 0.25) is 0 Å². The third kappa shape index (κ3) is 1.74. The number of H-pyrrole nitrogens is 1. The number of nitrogens with one attached hydrogen (secondary N) is 1. The first-order valence-electron chi connectivity index (χ1n) is 4.87. The van der Waals surface area contributed by atoms with Gasteiger partial charge in [0, 0.05) is 0 Å². The number of rotatable bonds is 2. The second-order valence-corrected chi connectivity index (χ2v) is 3.91. The number of fused-ring (bicyclic) bond motifs is 1. The lowest BCUT2D eigenvalue weighted by molar-refractivity contribution is 0.408. The van der Waals surface area contributed by atoms with Crippen molar-refractivity contribution >= 4 is 23.3 Å². The first kappa shape index (κ1) is 10.2. The van der Waals surface area contributed by atoms with Crippen molar-refractivity contribution in [2.45, 2.75) is 6.54 Å². The zero-order valence-electron chi connectivity index (χ0n) is 8.55. The molecule has 0 bridgehead atoms. The van der Waals surface area contributed by atoms with Gasteiger partial charge in [-0.3, -0.25) is 0 Å². The van der Waals surface area contributed by atoms with Gasteiger partial charge in [-0.1, -0.05) is 5.16 Å². The maximum atomic E-state index is 13.2. The average molecular weight is 250 g/mol. The Morgan fingerprint density at radius 3 is 3.12 bits per heavy atom. The van der Waals surface area contributed by atoms with Crippen molar-refractivity contribution in [3.63, 3.8) is 0 Å². The largest absolute Gasteiger partial charge is 0.343 e. The summed E-state index contributed by atoms with van der Waals surface area (Å²) >= 11 is 5.17. The van der Waals surface area contributed by atoms with Gasteiger partial charge in [-0.2, -0.15) is 4.98 Å². The number of imidazole rings is 1. The molecule has 2 heterocycles. The van der Waals surface area contributed by atoms with Crippen LogP contribution in [-0.4, -0.2) is 19.7 Å². The molecule has 0 saturated carbocycles. The SMILES string of the molecule is Fc1ccc2[nH]c(=S)n(Cc3ncon3)c2c1. The first-order valence-corrected chi connectivity index (χ1v) is 5.28. The molecule has 5 nitrogen and oxygen atoms in total. The van der Waals surface area contributed by atoms with Gasteiger partial charge in [0.25, 0.3) is 0 Å². The van der Waals surface area contributed by atoms with Crippen LogP contribution in [0.3, 0.4) is 0 Å². The topological polar surface area (TPSA) is 59.6 Å². The molecule has 3 aromatic rings. The number of nitrogens with zero attached hydrogens (tertiary/aromatic N) is 3. The molecule has 0 unspecified atom stereocenters. The van der Waals surface area contributed by atoms with Gasteiger partial charge in [-0.15, -0.1) is 0 Å². The van der Waals surface area contributed by atoms with E-state index in [1.165, 1.54) is 18.5 Å². The smallest absolute Gasteiger partial charge is 0.213 e. The molecule has 0 atom stereocenters. The van der Waals surface area contributed by atoms with Gasteiger partial charge in [-0.05, 0) is 30.4 Å². The van der Waals surface area contributed by atoms with E-state index in [9.17, 15) is 4.39 Å². The zero-order chi connectivity index (χ0) is 11.8. The molecule has 0 aliphatic rings. The third-order valence-corrected chi connectivity index (χ3v) is 2.77. The molecule has 1 aromatic carbocycles. The van der Waals surface area contributed by atoms with Crippen LogP contribution in [0.1, 0.15) is 5.82 Å². The van der Waals surface area contributed by atoms with Crippen LogP contribution in [0.25, 0.3) is 11.0 Å². The minimum absolute atomic E-state index is 0.312. The highest BCUT2D eigenvalue weighted by Crippen LogP contribution is 2.16. The molecule has 86 valence electrons. The number of benzene rings is 1. The maximum absolute atomic E-state index is 13.2. The quantitative estimate of drug-likeness (QED) is 0.709. The van der Waals surface area contributed by atoms with Crippen LogP contribution >= 0.6 is 12.2 Å². The van der Waals surface area contributed by atoms with Crippen LogP contribution in [0.5, 0.6) is 0 Å². The maximum Gasteiger partial charge on any atom is 0.213 e. The first-order chi connectivity index (χ1) is 8.24. The molecule has 7 heteroatoms. The monoisotopic (exact) mass is 250 g/mol. The molecule has 0 saturated heterocycles. The van der Waals surface area contributed by atoms with Crippen molar-refractivity contribution in [1.29, 1.82) is 0 Å². The van der Waals surface area contributed by atoms with E-state index in [4.69, 9.17) is 12.2 Å². The number of halogens is 1. The van der Waals surface area contributed by atoms with Crippen LogP contribution in [-0.2, 0) is 6.54 Å². The highest BCUT2D eigenvalue weighted by atomic mass is 32.1. The second-order valence-electron chi connectivity index (χ2n) is 3.53. The molecule has 0 spiro atoms. The van der Waals surface area contributed by atoms with E-state index < -0.39 is 0 Å². The van der Waals surface area contributed by atoms with Crippen molar-refractivity contribution in [2.75, 3.05) is 0 Å². The van der Waals surface area contributed by atoms with Gasteiger partial charge in [0.1, 0.15) is 5.82 Å². The summed E-state index contributed by atoms with van der Waals surface area (Å²) in [6.07, 6.45) is 1.24. The summed E-state index contributed by atoms with van der Waals surface area (Å²) in [6, 6.07) is 4.45. The van der Waals surface area contributed by atoms with E-state index in [-0.39, 0.29) is 5.82 Å². The summed E-state index contributed by atoms with van der Waals surface area (Å²) in [5.41, 5.74) is 1.46. The lowest BCUT2D eigenvalue weighted by Crippen LogP contribution is -2.01. The standard InChI is InChI=1S/C10H7FN4OS/c11-6-1-2-7-8(3-6)15(10(17)13-7)4-9-12-5-16-14-9/h1-3,5H,4H2,(H,13,17). The summed E-state index contributed by atoms with van der Waals surface area (Å²) < 4.78 is 20.1. The molecule has 17 heavy (non-hydrogen) atoms.